The van der Waals surface area contributed by atoms with Crippen LogP contribution in [0.5, 0.6) is 5.75 Å². The molecule has 2 rings (SSSR count). The van der Waals surface area contributed by atoms with Crippen LogP contribution in [0.25, 0.3) is 11.3 Å². The number of phenols is 1. The third kappa shape index (κ3) is 2.05. The topological polar surface area (TPSA) is 103 Å². The van der Waals surface area contributed by atoms with E-state index in [0.29, 0.717) is 0 Å². The Labute approximate surface area is 99.3 Å². The number of benzene rings is 1. The van der Waals surface area contributed by atoms with E-state index < -0.39 is 28.7 Å². The average molecular weight is 250 g/mol. The van der Waals surface area contributed by atoms with Crippen molar-refractivity contribution in [3.8, 4) is 17.0 Å². The maximum atomic E-state index is 13.1. The van der Waals surface area contributed by atoms with Gasteiger partial charge in [-0.25, -0.2) is 14.3 Å². The molecule has 92 valence electrons. The normalized spacial score (nSPS) is 10.3. The predicted octanol–water partition coefficient (Wildman–Crippen LogP) is 0.980. The Bertz CT molecular complexity index is 681. The molecule has 0 amide bonds. The third-order valence-corrected chi connectivity index (χ3v) is 2.28. The maximum Gasteiger partial charge on any atom is 0.341 e. The lowest BCUT2D eigenvalue weighted by molar-refractivity contribution is 0.0694. The first kappa shape index (κ1) is 11.8. The summed E-state index contributed by atoms with van der Waals surface area (Å²) < 4.78 is 13.1. The van der Waals surface area contributed by atoms with Gasteiger partial charge in [-0.2, -0.15) is 5.10 Å². The Kier molecular flexibility index (Phi) is 2.80. The van der Waals surface area contributed by atoms with Crippen LogP contribution in [0.2, 0.25) is 0 Å². The SMILES string of the molecule is O=C(O)c1cc(-c2ccc(O)c(F)c2)n[nH]c1=O. The van der Waals surface area contributed by atoms with E-state index in [1.165, 1.54) is 6.07 Å². The monoisotopic (exact) mass is 250 g/mol. The third-order valence-electron chi connectivity index (χ3n) is 2.28. The van der Waals surface area contributed by atoms with Crippen molar-refractivity contribution >= 4 is 5.97 Å². The number of carboxylic acid groups (broad SMARTS) is 1. The minimum atomic E-state index is -1.40. The number of hydrogen-bond donors (Lipinski definition) is 3. The molecule has 1 aromatic carbocycles. The molecule has 3 N–H and O–H groups in total. The van der Waals surface area contributed by atoms with E-state index in [9.17, 15) is 14.0 Å². The first-order chi connectivity index (χ1) is 8.49. The van der Waals surface area contributed by atoms with Gasteiger partial charge in [0.15, 0.2) is 11.6 Å². The molecule has 7 heteroatoms. The van der Waals surface area contributed by atoms with E-state index in [2.05, 4.69) is 5.10 Å². The lowest BCUT2D eigenvalue weighted by Gasteiger charge is -2.02. The maximum absolute atomic E-state index is 13.1. The lowest BCUT2D eigenvalue weighted by Crippen LogP contribution is -2.18. The highest BCUT2D eigenvalue weighted by atomic mass is 19.1. The Balaban J connectivity index is 2.57. The van der Waals surface area contributed by atoms with Gasteiger partial charge in [-0.3, -0.25) is 4.79 Å². The summed E-state index contributed by atoms with van der Waals surface area (Å²) in [4.78, 5) is 21.9. The molecule has 0 saturated carbocycles. The molecule has 6 nitrogen and oxygen atoms in total. The largest absolute Gasteiger partial charge is 0.505 e. The molecule has 1 heterocycles. The van der Waals surface area contributed by atoms with E-state index in [4.69, 9.17) is 10.2 Å². The van der Waals surface area contributed by atoms with Crippen LogP contribution in [0.15, 0.2) is 29.1 Å². The van der Waals surface area contributed by atoms with E-state index in [1.807, 2.05) is 5.10 Å². The van der Waals surface area contributed by atoms with Gasteiger partial charge in [0, 0.05) is 5.56 Å². The molecular formula is C11H7FN2O4. The molecule has 0 spiro atoms. The molecule has 0 atom stereocenters. The molecule has 18 heavy (non-hydrogen) atoms. The molecule has 0 unspecified atom stereocenters. The number of H-pyrrole nitrogens is 1. The van der Waals surface area contributed by atoms with Crippen molar-refractivity contribution in [3.05, 3.63) is 46.0 Å². The zero-order valence-electron chi connectivity index (χ0n) is 8.85. The molecule has 1 aromatic heterocycles. The summed E-state index contributed by atoms with van der Waals surface area (Å²) in [6.07, 6.45) is 0. The molecule has 0 aliphatic carbocycles. The summed E-state index contributed by atoms with van der Waals surface area (Å²) >= 11 is 0. The van der Waals surface area contributed by atoms with E-state index in [0.717, 1.165) is 18.2 Å². The number of aromatic hydroxyl groups is 1. The molecule has 0 aliphatic rings. The Hall–Kier alpha value is -2.70. The summed E-state index contributed by atoms with van der Waals surface area (Å²) in [6.45, 7) is 0. The second-order valence-corrected chi connectivity index (χ2v) is 3.47. The zero-order chi connectivity index (χ0) is 13.3. The van der Waals surface area contributed by atoms with Gasteiger partial charge < -0.3 is 10.2 Å². The number of carbonyl (C=O) groups is 1. The number of phenolic OH excluding ortho intramolecular Hbond substituents is 1. The first-order valence-electron chi connectivity index (χ1n) is 4.81. The number of aromatic carboxylic acids is 1. The summed E-state index contributed by atoms with van der Waals surface area (Å²) in [5.74, 6) is -2.79. The highest BCUT2D eigenvalue weighted by molar-refractivity contribution is 5.88. The van der Waals surface area contributed by atoms with Crippen molar-refractivity contribution in [2.45, 2.75) is 0 Å². The quantitative estimate of drug-likeness (QED) is 0.737. The molecule has 0 radical (unpaired) electrons. The van der Waals surface area contributed by atoms with Crippen LogP contribution in [0, 0.1) is 5.82 Å². The van der Waals surface area contributed by atoms with Gasteiger partial charge in [-0.15, -0.1) is 0 Å². The molecule has 0 fully saturated rings. The van der Waals surface area contributed by atoms with Gasteiger partial charge in [-0.05, 0) is 24.3 Å². The summed E-state index contributed by atoms with van der Waals surface area (Å²) in [6, 6.07) is 4.48. The van der Waals surface area contributed by atoms with Crippen molar-refractivity contribution in [1.82, 2.24) is 10.2 Å². The highest BCUT2D eigenvalue weighted by Gasteiger charge is 2.12. The van der Waals surface area contributed by atoms with Gasteiger partial charge in [-0.1, -0.05) is 0 Å². The van der Waals surface area contributed by atoms with Crippen molar-refractivity contribution in [2.75, 3.05) is 0 Å². The van der Waals surface area contributed by atoms with Crippen molar-refractivity contribution in [2.24, 2.45) is 0 Å². The highest BCUT2D eigenvalue weighted by Crippen LogP contribution is 2.22. The van der Waals surface area contributed by atoms with Gasteiger partial charge in [0.05, 0.1) is 5.69 Å². The second-order valence-electron chi connectivity index (χ2n) is 3.47. The number of aromatic amines is 1. The number of halogens is 1. The van der Waals surface area contributed by atoms with E-state index in [1.54, 1.807) is 0 Å². The smallest absolute Gasteiger partial charge is 0.341 e. The van der Waals surface area contributed by atoms with Crippen LogP contribution in [0.4, 0.5) is 4.39 Å². The predicted molar refractivity (Wildman–Crippen MR) is 58.9 cm³/mol. The summed E-state index contributed by atoms with van der Waals surface area (Å²) in [7, 11) is 0. The number of aromatic nitrogens is 2. The first-order valence-corrected chi connectivity index (χ1v) is 4.81. The van der Waals surface area contributed by atoms with E-state index >= 15 is 0 Å². The fourth-order valence-electron chi connectivity index (χ4n) is 1.38. The van der Waals surface area contributed by atoms with Crippen LogP contribution < -0.4 is 5.56 Å². The van der Waals surface area contributed by atoms with Crippen LogP contribution in [0.3, 0.4) is 0 Å². The molecule has 0 aliphatic heterocycles. The van der Waals surface area contributed by atoms with Gasteiger partial charge in [0.25, 0.3) is 5.56 Å². The molecule has 0 saturated heterocycles. The summed E-state index contributed by atoms with van der Waals surface area (Å²) in [5, 5.41) is 23.4. The van der Waals surface area contributed by atoms with Gasteiger partial charge >= 0.3 is 5.97 Å². The minimum Gasteiger partial charge on any atom is -0.505 e. The Morgan fingerprint density at radius 3 is 2.67 bits per heavy atom. The number of carboxylic acids is 1. The Morgan fingerprint density at radius 1 is 1.33 bits per heavy atom. The van der Waals surface area contributed by atoms with Crippen molar-refractivity contribution in [3.63, 3.8) is 0 Å². The second kappa shape index (κ2) is 4.28. The molecule has 2 aromatic rings. The average Bonchev–Trinajstić information content (AvgIpc) is 2.33. The van der Waals surface area contributed by atoms with Gasteiger partial charge in [0.2, 0.25) is 0 Å². The van der Waals surface area contributed by atoms with Crippen LogP contribution in [0.1, 0.15) is 10.4 Å². The number of hydrogen-bond acceptors (Lipinski definition) is 4. The number of rotatable bonds is 2. The van der Waals surface area contributed by atoms with Gasteiger partial charge in [0.1, 0.15) is 5.56 Å². The lowest BCUT2D eigenvalue weighted by atomic mass is 10.1. The Morgan fingerprint density at radius 2 is 2.06 bits per heavy atom. The molecular weight excluding hydrogens is 243 g/mol. The van der Waals surface area contributed by atoms with Crippen molar-refractivity contribution in [1.29, 1.82) is 0 Å². The van der Waals surface area contributed by atoms with E-state index in [-0.39, 0.29) is 11.3 Å². The number of nitrogens with one attached hydrogen (secondary N) is 1. The fraction of sp³-hybridized carbons (Fsp3) is 0. The number of nitrogens with zero attached hydrogens (tertiary/aromatic N) is 1. The minimum absolute atomic E-state index is 0.0888. The standard InChI is InChI=1S/C11H7FN2O4/c12-7-3-5(1-2-9(7)15)8-4-6(11(17)18)10(16)14-13-8/h1-4,15H,(H,14,16)(H,17,18). The van der Waals surface area contributed by atoms with Crippen LogP contribution in [-0.4, -0.2) is 26.4 Å². The summed E-state index contributed by atoms with van der Waals surface area (Å²) in [5.41, 5.74) is -1.01. The fourth-order valence-corrected chi connectivity index (χ4v) is 1.38. The van der Waals surface area contributed by atoms with Crippen LogP contribution in [-0.2, 0) is 0 Å². The van der Waals surface area contributed by atoms with Crippen molar-refractivity contribution < 1.29 is 19.4 Å². The van der Waals surface area contributed by atoms with Crippen LogP contribution >= 0.6 is 0 Å². The zero-order valence-corrected chi connectivity index (χ0v) is 8.85. The molecule has 0 bridgehead atoms.